The van der Waals surface area contributed by atoms with Crippen molar-refractivity contribution in [1.82, 2.24) is 10.2 Å². The van der Waals surface area contributed by atoms with E-state index in [1.54, 1.807) is 0 Å². The maximum Gasteiger partial charge on any atom is 0.126 e. The molecule has 0 radical (unpaired) electrons. The zero-order valence-corrected chi connectivity index (χ0v) is 14.1. The maximum absolute atomic E-state index is 13.4. The molecule has 0 fully saturated rings. The van der Waals surface area contributed by atoms with Crippen LogP contribution >= 0.6 is 11.8 Å². The molecule has 0 saturated carbocycles. The molecule has 0 bridgehead atoms. The Labute approximate surface area is 131 Å². The standard InChI is InChI=1S/C16H26F2N2S/c1-5-19-16(6-7-20(3)12(2)11-21-4)13-8-14(17)10-15(18)9-13/h8-10,12,16,19H,5-7,11H2,1-4H3. The molecule has 1 aromatic rings. The van der Waals surface area contributed by atoms with E-state index in [1.165, 1.54) is 12.1 Å². The molecule has 1 aromatic carbocycles. The van der Waals surface area contributed by atoms with Gasteiger partial charge in [-0.15, -0.1) is 0 Å². The normalized spacial score (nSPS) is 14.4. The summed E-state index contributed by atoms with van der Waals surface area (Å²) in [5.74, 6) is 0.0470. The predicted molar refractivity (Wildman–Crippen MR) is 87.9 cm³/mol. The van der Waals surface area contributed by atoms with Crippen LogP contribution in [-0.2, 0) is 0 Å². The van der Waals surface area contributed by atoms with Crippen LogP contribution in [0.4, 0.5) is 8.78 Å². The fourth-order valence-corrected chi connectivity index (χ4v) is 3.07. The van der Waals surface area contributed by atoms with Crippen LogP contribution in [0.2, 0.25) is 0 Å². The topological polar surface area (TPSA) is 15.3 Å². The molecule has 0 heterocycles. The zero-order valence-electron chi connectivity index (χ0n) is 13.3. The second-order valence-corrected chi connectivity index (χ2v) is 6.30. The number of hydrogen-bond acceptors (Lipinski definition) is 3. The number of benzene rings is 1. The van der Waals surface area contributed by atoms with Crippen LogP contribution in [0.15, 0.2) is 18.2 Å². The Bertz CT molecular complexity index is 408. The Morgan fingerprint density at radius 2 is 1.86 bits per heavy atom. The Balaban J connectivity index is 2.69. The third kappa shape index (κ3) is 6.32. The van der Waals surface area contributed by atoms with E-state index in [0.717, 1.165) is 31.3 Å². The van der Waals surface area contributed by atoms with Gasteiger partial charge in [-0.25, -0.2) is 8.78 Å². The molecule has 0 saturated heterocycles. The summed E-state index contributed by atoms with van der Waals surface area (Å²) in [5, 5.41) is 3.31. The number of nitrogens with zero attached hydrogens (tertiary/aromatic N) is 1. The van der Waals surface area contributed by atoms with Crippen molar-refractivity contribution in [3.63, 3.8) is 0 Å². The minimum absolute atomic E-state index is 0.0240. The Hall–Kier alpha value is -0.650. The number of thioether (sulfide) groups is 1. The molecule has 0 spiro atoms. The highest BCUT2D eigenvalue weighted by molar-refractivity contribution is 7.98. The van der Waals surface area contributed by atoms with Crippen molar-refractivity contribution < 1.29 is 8.78 Å². The van der Waals surface area contributed by atoms with Crippen LogP contribution in [0.25, 0.3) is 0 Å². The molecule has 0 amide bonds. The smallest absolute Gasteiger partial charge is 0.126 e. The fraction of sp³-hybridized carbons (Fsp3) is 0.625. The summed E-state index contributed by atoms with van der Waals surface area (Å²) >= 11 is 1.83. The van der Waals surface area contributed by atoms with Gasteiger partial charge in [-0.2, -0.15) is 11.8 Å². The first-order valence-corrected chi connectivity index (χ1v) is 8.75. The molecule has 0 aliphatic rings. The summed E-state index contributed by atoms with van der Waals surface area (Å²) in [6, 6.07) is 4.22. The fourth-order valence-electron chi connectivity index (χ4n) is 2.33. The summed E-state index contributed by atoms with van der Waals surface area (Å²) in [6.45, 7) is 5.85. The van der Waals surface area contributed by atoms with Crippen LogP contribution in [0.1, 0.15) is 31.9 Å². The summed E-state index contributed by atoms with van der Waals surface area (Å²) in [7, 11) is 2.09. The average Bonchev–Trinajstić information content (AvgIpc) is 2.42. The molecule has 2 nitrogen and oxygen atoms in total. The van der Waals surface area contributed by atoms with E-state index in [1.807, 2.05) is 18.7 Å². The molecule has 21 heavy (non-hydrogen) atoms. The Morgan fingerprint density at radius 3 is 2.38 bits per heavy atom. The number of halogens is 2. The largest absolute Gasteiger partial charge is 0.310 e. The Morgan fingerprint density at radius 1 is 1.24 bits per heavy atom. The third-order valence-electron chi connectivity index (χ3n) is 3.67. The zero-order chi connectivity index (χ0) is 15.8. The van der Waals surface area contributed by atoms with Crippen molar-refractivity contribution in [3.8, 4) is 0 Å². The van der Waals surface area contributed by atoms with Gasteiger partial charge in [0.2, 0.25) is 0 Å². The van der Waals surface area contributed by atoms with Crippen LogP contribution in [0, 0.1) is 11.6 Å². The van der Waals surface area contributed by atoms with Crippen molar-refractivity contribution in [1.29, 1.82) is 0 Å². The molecule has 0 aromatic heterocycles. The highest BCUT2D eigenvalue weighted by Crippen LogP contribution is 2.20. The second kappa shape index (κ2) is 9.38. The van der Waals surface area contributed by atoms with Gasteiger partial charge in [0, 0.05) is 23.9 Å². The van der Waals surface area contributed by atoms with E-state index in [-0.39, 0.29) is 6.04 Å². The van der Waals surface area contributed by atoms with Gasteiger partial charge in [0.15, 0.2) is 0 Å². The molecule has 120 valence electrons. The Kier molecular flexibility index (Phi) is 8.22. The number of rotatable bonds is 9. The van der Waals surface area contributed by atoms with E-state index in [2.05, 4.69) is 30.4 Å². The number of hydrogen-bond donors (Lipinski definition) is 1. The van der Waals surface area contributed by atoms with Gasteiger partial charge in [-0.05, 0) is 57.4 Å². The lowest BCUT2D eigenvalue weighted by molar-refractivity contribution is 0.260. The monoisotopic (exact) mass is 316 g/mol. The molecule has 2 unspecified atom stereocenters. The molecular formula is C16H26F2N2S. The first-order chi connectivity index (χ1) is 9.97. The van der Waals surface area contributed by atoms with Crippen LogP contribution in [0.5, 0.6) is 0 Å². The SMILES string of the molecule is CCNC(CCN(C)C(C)CSC)c1cc(F)cc(F)c1. The van der Waals surface area contributed by atoms with Crippen LogP contribution in [-0.4, -0.2) is 43.1 Å². The summed E-state index contributed by atoms with van der Waals surface area (Å²) < 4.78 is 26.8. The van der Waals surface area contributed by atoms with Gasteiger partial charge in [0.1, 0.15) is 11.6 Å². The quantitative estimate of drug-likeness (QED) is 0.748. The minimum Gasteiger partial charge on any atom is -0.310 e. The van der Waals surface area contributed by atoms with Gasteiger partial charge in [0.05, 0.1) is 0 Å². The first kappa shape index (κ1) is 18.4. The minimum atomic E-state index is -0.517. The van der Waals surface area contributed by atoms with Crippen molar-refractivity contribution in [3.05, 3.63) is 35.4 Å². The van der Waals surface area contributed by atoms with Gasteiger partial charge in [-0.1, -0.05) is 6.92 Å². The van der Waals surface area contributed by atoms with E-state index < -0.39 is 11.6 Å². The molecule has 0 aliphatic heterocycles. The molecule has 5 heteroatoms. The highest BCUT2D eigenvalue weighted by atomic mass is 32.2. The van der Waals surface area contributed by atoms with Gasteiger partial charge in [-0.3, -0.25) is 0 Å². The van der Waals surface area contributed by atoms with Crippen molar-refractivity contribution >= 4 is 11.8 Å². The summed E-state index contributed by atoms with van der Waals surface area (Å²) in [4.78, 5) is 2.29. The third-order valence-corrected chi connectivity index (χ3v) is 4.48. The maximum atomic E-state index is 13.4. The van der Waals surface area contributed by atoms with E-state index >= 15 is 0 Å². The predicted octanol–water partition coefficient (Wildman–Crippen LogP) is 3.69. The lowest BCUT2D eigenvalue weighted by atomic mass is 10.0. The van der Waals surface area contributed by atoms with E-state index in [9.17, 15) is 8.78 Å². The van der Waals surface area contributed by atoms with Crippen molar-refractivity contribution in [2.24, 2.45) is 0 Å². The van der Waals surface area contributed by atoms with Crippen LogP contribution in [0.3, 0.4) is 0 Å². The summed E-state index contributed by atoms with van der Waals surface area (Å²) in [5.41, 5.74) is 0.681. The van der Waals surface area contributed by atoms with Gasteiger partial charge >= 0.3 is 0 Å². The molecule has 2 atom stereocenters. The van der Waals surface area contributed by atoms with Crippen molar-refractivity contribution in [2.75, 3.05) is 32.1 Å². The van der Waals surface area contributed by atoms with E-state index in [0.29, 0.717) is 11.6 Å². The lowest BCUT2D eigenvalue weighted by Gasteiger charge is -2.27. The van der Waals surface area contributed by atoms with Crippen molar-refractivity contribution in [2.45, 2.75) is 32.4 Å². The van der Waals surface area contributed by atoms with Gasteiger partial charge in [0.25, 0.3) is 0 Å². The summed E-state index contributed by atoms with van der Waals surface area (Å²) in [6.07, 6.45) is 2.92. The van der Waals surface area contributed by atoms with E-state index in [4.69, 9.17) is 0 Å². The van der Waals surface area contributed by atoms with Crippen LogP contribution < -0.4 is 5.32 Å². The molecule has 1 N–H and O–H groups in total. The molecular weight excluding hydrogens is 290 g/mol. The van der Waals surface area contributed by atoms with Gasteiger partial charge < -0.3 is 10.2 Å². The lowest BCUT2D eigenvalue weighted by Crippen LogP contribution is -2.34. The number of nitrogens with one attached hydrogen (secondary N) is 1. The average molecular weight is 316 g/mol. The second-order valence-electron chi connectivity index (χ2n) is 5.39. The highest BCUT2D eigenvalue weighted by Gasteiger charge is 2.15. The molecule has 1 rings (SSSR count). The first-order valence-electron chi connectivity index (χ1n) is 7.36. The molecule has 0 aliphatic carbocycles.